The number of hydrogen-bond acceptors (Lipinski definition) is 6. The summed E-state index contributed by atoms with van der Waals surface area (Å²) < 4.78 is 5.07. The number of nitrogens with zero attached hydrogens (tertiary/aromatic N) is 4. The smallest absolute Gasteiger partial charge is 0.245 e. The molecule has 0 aromatic carbocycles. The zero-order valence-electron chi connectivity index (χ0n) is 11.5. The Labute approximate surface area is 116 Å². The molecular formula is C13H18N6O. The van der Waals surface area contributed by atoms with Gasteiger partial charge in [0.05, 0.1) is 11.8 Å². The number of aromatic nitrogens is 4. The van der Waals surface area contributed by atoms with Crippen molar-refractivity contribution < 1.29 is 4.52 Å². The molecule has 4 heterocycles. The summed E-state index contributed by atoms with van der Waals surface area (Å²) in [5, 5.41) is 14.7. The SMILES string of the molecule is Cc1oncc1-c1nc(N2CC3CCCNC3C2)n[nH]1. The Bertz CT molecular complexity index is 592. The van der Waals surface area contributed by atoms with E-state index in [1.165, 1.54) is 12.8 Å². The molecule has 0 saturated carbocycles. The number of hydrogen-bond donors (Lipinski definition) is 2. The van der Waals surface area contributed by atoms with E-state index in [9.17, 15) is 0 Å². The van der Waals surface area contributed by atoms with Crippen LogP contribution in [-0.2, 0) is 0 Å². The molecule has 7 nitrogen and oxygen atoms in total. The van der Waals surface area contributed by atoms with Crippen molar-refractivity contribution >= 4 is 5.95 Å². The third kappa shape index (κ3) is 1.89. The average molecular weight is 274 g/mol. The molecule has 0 radical (unpaired) electrons. The van der Waals surface area contributed by atoms with Gasteiger partial charge in [0.25, 0.3) is 0 Å². The van der Waals surface area contributed by atoms with E-state index in [2.05, 4.69) is 30.6 Å². The van der Waals surface area contributed by atoms with E-state index in [1.54, 1.807) is 6.20 Å². The van der Waals surface area contributed by atoms with E-state index in [4.69, 9.17) is 4.52 Å². The summed E-state index contributed by atoms with van der Waals surface area (Å²) in [5.41, 5.74) is 0.874. The van der Waals surface area contributed by atoms with Crippen molar-refractivity contribution in [3.05, 3.63) is 12.0 Å². The van der Waals surface area contributed by atoms with Crippen molar-refractivity contribution in [2.24, 2.45) is 5.92 Å². The second-order valence-corrected chi connectivity index (χ2v) is 5.65. The molecule has 2 saturated heterocycles. The number of anilines is 1. The van der Waals surface area contributed by atoms with Crippen molar-refractivity contribution in [3.63, 3.8) is 0 Å². The summed E-state index contributed by atoms with van der Waals surface area (Å²) in [5.74, 6) is 2.98. The third-order valence-corrected chi connectivity index (χ3v) is 4.36. The van der Waals surface area contributed by atoms with Crippen LogP contribution in [-0.4, -0.2) is 46.0 Å². The van der Waals surface area contributed by atoms with Crippen LogP contribution < -0.4 is 10.2 Å². The van der Waals surface area contributed by atoms with Gasteiger partial charge in [-0.15, -0.1) is 5.10 Å². The van der Waals surface area contributed by atoms with Crippen LogP contribution >= 0.6 is 0 Å². The fraction of sp³-hybridized carbons (Fsp3) is 0.615. The Morgan fingerprint density at radius 2 is 2.35 bits per heavy atom. The predicted molar refractivity (Wildman–Crippen MR) is 73.3 cm³/mol. The van der Waals surface area contributed by atoms with E-state index in [-0.39, 0.29) is 0 Å². The van der Waals surface area contributed by atoms with Crippen LogP contribution in [0.25, 0.3) is 11.4 Å². The lowest BCUT2D eigenvalue weighted by Gasteiger charge is -2.24. The lowest BCUT2D eigenvalue weighted by molar-refractivity contribution is 0.340. The highest BCUT2D eigenvalue weighted by Crippen LogP contribution is 2.28. The van der Waals surface area contributed by atoms with Gasteiger partial charge in [-0.2, -0.15) is 4.98 Å². The van der Waals surface area contributed by atoms with Gasteiger partial charge >= 0.3 is 0 Å². The Morgan fingerprint density at radius 1 is 1.40 bits per heavy atom. The van der Waals surface area contributed by atoms with Gasteiger partial charge in [-0.1, -0.05) is 5.16 Å². The van der Waals surface area contributed by atoms with Crippen LogP contribution in [0.15, 0.2) is 10.7 Å². The van der Waals surface area contributed by atoms with Gasteiger partial charge in [0.1, 0.15) is 5.76 Å². The first-order valence-electron chi connectivity index (χ1n) is 7.13. The molecule has 0 bridgehead atoms. The van der Waals surface area contributed by atoms with Gasteiger partial charge in [0.2, 0.25) is 5.95 Å². The second kappa shape index (κ2) is 4.59. The molecule has 2 aliphatic rings. The number of fused-ring (bicyclic) bond motifs is 1. The van der Waals surface area contributed by atoms with E-state index in [0.717, 1.165) is 48.6 Å². The first-order valence-corrected chi connectivity index (χ1v) is 7.13. The molecule has 7 heteroatoms. The molecule has 2 N–H and O–H groups in total. The molecule has 2 fully saturated rings. The molecule has 20 heavy (non-hydrogen) atoms. The van der Waals surface area contributed by atoms with Gasteiger partial charge in [0, 0.05) is 19.1 Å². The van der Waals surface area contributed by atoms with Crippen molar-refractivity contribution in [3.8, 4) is 11.4 Å². The summed E-state index contributed by atoms with van der Waals surface area (Å²) in [7, 11) is 0. The number of rotatable bonds is 2. The Hall–Kier alpha value is -1.89. The first kappa shape index (κ1) is 11.9. The zero-order chi connectivity index (χ0) is 13.5. The molecule has 0 amide bonds. The van der Waals surface area contributed by atoms with Crippen LogP contribution in [0.5, 0.6) is 0 Å². The number of piperidine rings is 1. The molecule has 2 aliphatic heterocycles. The van der Waals surface area contributed by atoms with Crippen LogP contribution in [0.4, 0.5) is 5.95 Å². The maximum atomic E-state index is 5.07. The van der Waals surface area contributed by atoms with Crippen molar-refractivity contribution in [1.82, 2.24) is 25.7 Å². The maximum absolute atomic E-state index is 5.07. The fourth-order valence-corrected chi connectivity index (χ4v) is 3.25. The Kier molecular flexibility index (Phi) is 2.73. The Balaban J connectivity index is 1.55. The highest BCUT2D eigenvalue weighted by molar-refractivity contribution is 5.57. The normalized spacial score (nSPS) is 25.9. The van der Waals surface area contributed by atoms with Gasteiger partial charge in [-0.3, -0.25) is 5.10 Å². The number of nitrogens with one attached hydrogen (secondary N) is 2. The summed E-state index contributed by atoms with van der Waals surface area (Å²) in [6, 6.07) is 0.586. The summed E-state index contributed by atoms with van der Waals surface area (Å²) >= 11 is 0. The number of H-pyrrole nitrogens is 1. The summed E-state index contributed by atoms with van der Waals surface area (Å²) in [6.45, 7) is 5.04. The molecular weight excluding hydrogens is 256 g/mol. The Morgan fingerprint density at radius 3 is 3.15 bits per heavy atom. The van der Waals surface area contributed by atoms with Crippen molar-refractivity contribution in [2.45, 2.75) is 25.8 Å². The zero-order valence-corrected chi connectivity index (χ0v) is 11.5. The minimum atomic E-state index is 0.586. The van der Waals surface area contributed by atoms with Gasteiger partial charge in [-0.05, 0) is 32.2 Å². The number of aryl methyl sites for hydroxylation is 1. The lowest BCUT2D eigenvalue weighted by Crippen LogP contribution is -2.40. The molecule has 0 aliphatic carbocycles. The summed E-state index contributed by atoms with van der Waals surface area (Å²) in [6.07, 6.45) is 4.25. The van der Waals surface area contributed by atoms with E-state index < -0.39 is 0 Å². The van der Waals surface area contributed by atoms with E-state index in [1.807, 2.05) is 6.92 Å². The predicted octanol–water partition coefficient (Wildman–Crippen LogP) is 0.956. The van der Waals surface area contributed by atoms with Crippen LogP contribution in [0.2, 0.25) is 0 Å². The van der Waals surface area contributed by atoms with E-state index >= 15 is 0 Å². The highest BCUT2D eigenvalue weighted by Gasteiger charge is 2.35. The molecule has 106 valence electrons. The molecule has 2 atom stereocenters. The minimum absolute atomic E-state index is 0.586. The quantitative estimate of drug-likeness (QED) is 0.848. The fourth-order valence-electron chi connectivity index (χ4n) is 3.25. The van der Waals surface area contributed by atoms with Crippen molar-refractivity contribution in [1.29, 1.82) is 0 Å². The van der Waals surface area contributed by atoms with E-state index in [0.29, 0.717) is 6.04 Å². The third-order valence-electron chi connectivity index (χ3n) is 4.36. The summed E-state index contributed by atoms with van der Waals surface area (Å²) in [4.78, 5) is 6.85. The average Bonchev–Trinajstić information content (AvgIpc) is 3.15. The first-order chi connectivity index (χ1) is 9.81. The topological polar surface area (TPSA) is 82.9 Å². The van der Waals surface area contributed by atoms with Crippen molar-refractivity contribution in [2.75, 3.05) is 24.5 Å². The largest absolute Gasteiger partial charge is 0.361 e. The molecule has 2 aromatic rings. The highest BCUT2D eigenvalue weighted by atomic mass is 16.5. The second-order valence-electron chi connectivity index (χ2n) is 5.65. The van der Waals surface area contributed by atoms with Gasteiger partial charge in [0.15, 0.2) is 5.82 Å². The molecule has 4 rings (SSSR count). The standard InChI is InChI=1S/C13H18N6O/c1-8-10(5-15-20-8)12-16-13(18-17-12)19-6-9-3-2-4-14-11(9)7-19/h5,9,11,14H,2-4,6-7H2,1H3,(H,16,17,18). The van der Waals surface area contributed by atoms with Crippen LogP contribution in [0.3, 0.4) is 0 Å². The van der Waals surface area contributed by atoms with Gasteiger partial charge in [-0.25, -0.2) is 0 Å². The molecule has 0 spiro atoms. The van der Waals surface area contributed by atoms with Crippen LogP contribution in [0, 0.1) is 12.8 Å². The maximum Gasteiger partial charge on any atom is 0.245 e. The van der Waals surface area contributed by atoms with Gasteiger partial charge < -0.3 is 14.7 Å². The monoisotopic (exact) mass is 274 g/mol. The number of aromatic amines is 1. The molecule has 2 unspecified atom stereocenters. The molecule has 2 aromatic heterocycles. The minimum Gasteiger partial charge on any atom is -0.361 e. The van der Waals surface area contributed by atoms with Crippen LogP contribution in [0.1, 0.15) is 18.6 Å². The lowest BCUT2D eigenvalue weighted by atomic mass is 9.94.